The van der Waals surface area contributed by atoms with E-state index in [-0.39, 0.29) is 0 Å². The minimum atomic E-state index is 0.535. The quantitative estimate of drug-likeness (QED) is 0.416. The Balaban J connectivity index is 1.71. The fourth-order valence-corrected chi connectivity index (χ4v) is 2.83. The molecule has 1 heterocycles. The lowest BCUT2D eigenvalue weighted by atomic mass is 10.1. The average molecular weight is 396 g/mol. The largest absolute Gasteiger partial charge is 0.493 e. The molecule has 3 aromatic rings. The van der Waals surface area contributed by atoms with Gasteiger partial charge in [-0.15, -0.1) is 0 Å². The summed E-state index contributed by atoms with van der Waals surface area (Å²) in [5.74, 6) is 2.98. The summed E-state index contributed by atoms with van der Waals surface area (Å²) in [5, 5.41) is 13.3. The number of aromatic nitrogens is 3. The number of rotatable bonds is 7. The fraction of sp³-hybridized carbons (Fsp3) is 0.250. The van der Waals surface area contributed by atoms with E-state index in [4.69, 9.17) is 14.2 Å². The molecule has 0 radical (unpaired) electrons. The van der Waals surface area contributed by atoms with Crippen molar-refractivity contribution in [2.45, 2.75) is 6.54 Å². The van der Waals surface area contributed by atoms with Crippen molar-refractivity contribution in [2.24, 2.45) is 4.99 Å². The highest BCUT2D eigenvalue weighted by molar-refractivity contribution is 5.94. The van der Waals surface area contributed by atoms with E-state index >= 15 is 0 Å². The van der Waals surface area contributed by atoms with E-state index in [0.29, 0.717) is 29.8 Å². The van der Waals surface area contributed by atoms with Gasteiger partial charge in [-0.1, -0.05) is 18.2 Å². The van der Waals surface area contributed by atoms with Crippen LogP contribution in [0.2, 0.25) is 0 Å². The molecule has 0 bridgehead atoms. The first-order chi connectivity index (χ1) is 14.2. The maximum absolute atomic E-state index is 5.39. The van der Waals surface area contributed by atoms with Crippen LogP contribution in [-0.2, 0) is 6.54 Å². The summed E-state index contributed by atoms with van der Waals surface area (Å²) in [6.07, 6.45) is 1.49. The summed E-state index contributed by atoms with van der Waals surface area (Å²) in [6.45, 7) is 0.575. The number of ether oxygens (including phenoxy) is 3. The van der Waals surface area contributed by atoms with Crippen molar-refractivity contribution in [1.29, 1.82) is 0 Å². The molecule has 152 valence electrons. The molecule has 1 aromatic heterocycles. The number of nitrogens with zero attached hydrogens (tertiary/aromatic N) is 3. The first kappa shape index (κ1) is 20.0. The van der Waals surface area contributed by atoms with E-state index < -0.39 is 0 Å². The van der Waals surface area contributed by atoms with Crippen molar-refractivity contribution >= 4 is 11.6 Å². The molecule has 0 fully saturated rings. The first-order valence-electron chi connectivity index (χ1n) is 8.90. The zero-order valence-electron chi connectivity index (χ0n) is 16.8. The molecular weight excluding hydrogens is 372 g/mol. The fourth-order valence-electron chi connectivity index (χ4n) is 2.83. The Bertz CT molecular complexity index is 947. The van der Waals surface area contributed by atoms with Gasteiger partial charge < -0.3 is 24.8 Å². The third-order valence-electron chi connectivity index (χ3n) is 4.23. The number of H-pyrrole nitrogens is 1. The van der Waals surface area contributed by atoms with E-state index in [1.807, 2.05) is 36.4 Å². The van der Waals surface area contributed by atoms with E-state index in [1.165, 1.54) is 6.33 Å². The summed E-state index contributed by atoms with van der Waals surface area (Å²) >= 11 is 0. The van der Waals surface area contributed by atoms with Crippen molar-refractivity contribution in [2.75, 3.05) is 33.7 Å². The molecule has 3 N–H and O–H groups in total. The standard InChI is InChI=1S/C20H24N6O3/c1-21-20(25-15-9-16(27-2)18(29-4)17(10-15)28-3)22-11-13-6-5-7-14(8-13)19-23-12-24-26-19/h5-10,12H,11H2,1-4H3,(H2,21,22,25)(H,23,24,26). The number of nitrogens with one attached hydrogen (secondary N) is 3. The number of hydrogen-bond donors (Lipinski definition) is 3. The van der Waals surface area contributed by atoms with Crippen molar-refractivity contribution in [1.82, 2.24) is 20.5 Å². The summed E-state index contributed by atoms with van der Waals surface area (Å²) in [7, 11) is 6.43. The van der Waals surface area contributed by atoms with Crippen LogP contribution in [0.5, 0.6) is 17.2 Å². The number of aliphatic imine (C=N–C) groups is 1. The SMILES string of the molecule is CN=C(NCc1cccc(-c2ncn[nH]2)c1)Nc1cc(OC)c(OC)c(OC)c1. The second kappa shape index (κ2) is 9.45. The topological polar surface area (TPSA) is 106 Å². The van der Waals surface area contributed by atoms with Gasteiger partial charge in [0.05, 0.1) is 21.3 Å². The van der Waals surface area contributed by atoms with Gasteiger partial charge in [-0.2, -0.15) is 5.10 Å². The van der Waals surface area contributed by atoms with Crippen LogP contribution < -0.4 is 24.8 Å². The van der Waals surface area contributed by atoms with Crippen LogP contribution in [0.1, 0.15) is 5.56 Å². The van der Waals surface area contributed by atoms with Crippen LogP contribution in [0.4, 0.5) is 5.69 Å². The highest BCUT2D eigenvalue weighted by Gasteiger charge is 2.14. The van der Waals surface area contributed by atoms with Gasteiger partial charge in [0.15, 0.2) is 23.3 Å². The second-order valence-corrected chi connectivity index (χ2v) is 6.00. The molecular formula is C20H24N6O3. The molecule has 0 saturated heterocycles. The Kier molecular flexibility index (Phi) is 6.51. The predicted octanol–water partition coefficient (Wildman–Crippen LogP) is 2.69. The molecule has 0 aliphatic carbocycles. The Hall–Kier alpha value is -3.75. The van der Waals surface area contributed by atoms with Crippen LogP contribution in [-0.4, -0.2) is 49.5 Å². The Morgan fingerprint density at radius 2 is 1.83 bits per heavy atom. The molecule has 0 spiro atoms. The maximum Gasteiger partial charge on any atom is 0.203 e. The molecule has 3 rings (SSSR count). The van der Waals surface area contributed by atoms with Crippen LogP contribution in [0, 0.1) is 0 Å². The van der Waals surface area contributed by atoms with Crippen molar-refractivity contribution in [3.05, 3.63) is 48.3 Å². The molecule has 9 nitrogen and oxygen atoms in total. The van der Waals surface area contributed by atoms with Crippen LogP contribution >= 0.6 is 0 Å². The van der Waals surface area contributed by atoms with Crippen LogP contribution in [0.25, 0.3) is 11.4 Å². The summed E-state index contributed by atoms with van der Waals surface area (Å²) in [4.78, 5) is 8.46. The molecule has 0 aliphatic rings. The Morgan fingerprint density at radius 3 is 2.41 bits per heavy atom. The van der Waals surface area contributed by atoms with Gasteiger partial charge in [0.1, 0.15) is 6.33 Å². The molecule has 2 aromatic carbocycles. The molecule has 0 unspecified atom stereocenters. The highest BCUT2D eigenvalue weighted by Crippen LogP contribution is 2.39. The number of benzene rings is 2. The van der Waals surface area contributed by atoms with E-state index in [9.17, 15) is 0 Å². The summed E-state index contributed by atoms with van der Waals surface area (Å²) in [6, 6.07) is 11.7. The first-order valence-corrected chi connectivity index (χ1v) is 8.90. The lowest BCUT2D eigenvalue weighted by Crippen LogP contribution is -2.30. The third kappa shape index (κ3) is 4.75. The minimum absolute atomic E-state index is 0.535. The zero-order valence-corrected chi connectivity index (χ0v) is 16.8. The van der Waals surface area contributed by atoms with Crippen molar-refractivity contribution in [3.8, 4) is 28.6 Å². The van der Waals surface area contributed by atoms with Gasteiger partial charge in [0.25, 0.3) is 0 Å². The molecule has 0 amide bonds. The Morgan fingerprint density at radius 1 is 1.07 bits per heavy atom. The smallest absolute Gasteiger partial charge is 0.203 e. The van der Waals surface area contributed by atoms with E-state index in [2.05, 4.69) is 30.8 Å². The van der Waals surface area contributed by atoms with Gasteiger partial charge in [-0.05, 0) is 11.6 Å². The maximum atomic E-state index is 5.39. The summed E-state index contributed by atoms with van der Waals surface area (Å²) in [5.41, 5.74) is 2.80. The lowest BCUT2D eigenvalue weighted by molar-refractivity contribution is 0.324. The van der Waals surface area contributed by atoms with Gasteiger partial charge in [-0.25, -0.2) is 4.98 Å². The lowest BCUT2D eigenvalue weighted by Gasteiger charge is -2.16. The number of aromatic amines is 1. The zero-order chi connectivity index (χ0) is 20.6. The Labute approximate surface area is 169 Å². The normalized spacial score (nSPS) is 11.1. The molecule has 0 atom stereocenters. The number of anilines is 1. The molecule has 0 aliphatic heterocycles. The van der Waals surface area contributed by atoms with E-state index in [1.54, 1.807) is 28.4 Å². The second-order valence-electron chi connectivity index (χ2n) is 6.00. The monoisotopic (exact) mass is 396 g/mol. The number of methoxy groups -OCH3 is 3. The van der Waals surface area contributed by atoms with Crippen LogP contribution in [0.15, 0.2) is 47.7 Å². The summed E-state index contributed by atoms with van der Waals surface area (Å²) < 4.78 is 16.1. The van der Waals surface area contributed by atoms with Gasteiger partial charge in [0.2, 0.25) is 5.75 Å². The third-order valence-corrected chi connectivity index (χ3v) is 4.23. The highest BCUT2D eigenvalue weighted by atomic mass is 16.5. The van der Waals surface area contributed by atoms with Gasteiger partial charge in [-0.3, -0.25) is 10.1 Å². The molecule has 29 heavy (non-hydrogen) atoms. The number of hydrogen-bond acceptors (Lipinski definition) is 6. The predicted molar refractivity (Wildman–Crippen MR) is 112 cm³/mol. The van der Waals surface area contributed by atoms with E-state index in [0.717, 1.165) is 22.6 Å². The molecule has 9 heteroatoms. The van der Waals surface area contributed by atoms with Crippen LogP contribution in [0.3, 0.4) is 0 Å². The number of guanidine groups is 1. The minimum Gasteiger partial charge on any atom is -0.493 e. The van der Waals surface area contributed by atoms with Gasteiger partial charge in [0, 0.05) is 37.0 Å². The average Bonchev–Trinajstić information content (AvgIpc) is 3.31. The van der Waals surface area contributed by atoms with Crippen molar-refractivity contribution in [3.63, 3.8) is 0 Å². The van der Waals surface area contributed by atoms with Gasteiger partial charge >= 0.3 is 0 Å². The molecule has 0 saturated carbocycles. The van der Waals surface area contributed by atoms with Crippen molar-refractivity contribution < 1.29 is 14.2 Å².